The number of phenolic OH excluding ortho intramolecular Hbond substituents is 1. The lowest BCUT2D eigenvalue weighted by Crippen LogP contribution is -2.22. The summed E-state index contributed by atoms with van der Waals surface area (Å²) >= 11 is 0. The zero-order valence-electron chi connectivity index (χ0n) is 10.0. The normalized spacial score (nSPS) is 10.7. The second-order valence-corrected chi connectivity index (χ2v) is 4.20. The molecule has 1 aromatic heterocycles. The van der Waals surface area contributed by atoms with Gasteiger partial charge in [0.1, 0.15) is 5.75 Å². The van der Waals surface area contributed by atoms with Gasteiger partial charge in [0.05, 0.1) is 0 Å². The van der Waals surface area contributed by atoms with Gasteiger partial charge in [-0.3, -0.25) is 4.79 Å². The first kappa shape index (κ1) is 11.5. The number of carbonyl (C=O) groups excluding carboxylic acids is 1. The molecule has 0 bridgehead atoms. The Kier molecular flexibility index (Phi) is 3.04. The number of phenols is 1. The van der Waals surface area contributed by atoms with E-state index in [-0.39, 0.29) is 11.7 Å². The van der Waals surface area contributed by atoms with Crippen molar-refractivity contribution >= 4 is 16.8 Å². The first-order chi connectivity index (χ1) is 8.08. The van der Waals surface area contributed by atoms with E-state index in [4.69, 9.17) is 0 Å². The number of aryl methyl sites for hydroxylation is 1. The molecule has 0 atom stereocenters. The molecule has 0 radical (unpaired) electrons. The highest BCUT2D eigenvalue weighted by molar-refractivity contribution is 5.85. The van der Waals surface area contributed by atoms with E-state index in [1.54, 1.807) is 12.1 Å². The summed E-state index contributed by atoms with van der Waals surface area (Å²) < 4.78 is 2.03. The average molecular weight is 232 g/mol. The molecule has 2 rings (SSSR count). The van der Waals surface area contributed by atoms with Gasteiger partial charge in [0.15, 0.2) is 0 Å². The molecule has 2 aromatic rings. The lowest BCUT2D eigenvalue weighted by molar-refractivity contribution is -0.118. The van der Waals surface area contributed by atoms with E-state index in [1.165, 1.54) is 6.92 Å². The number of benzene rings is 1. The largest absolute Gasteiger partial charge is 0.508 e. The first-order valence-electron chi connectivity index (χ1n) is 5.59. The molecule has 0 fully saturated rings. The SMILES string of the molecule is CC(=O)NCCc1cn(C)c2ccc(O)cc12. The van der Waals surface area contributed by atoms with Crippen LogP contribution in [0, 0.1) is 0 Å². The Hall–Kier alpha value is -1.97. The minimum atomic E-state index is -0.0203. The van der Waals surface area contributed by atoms with Gasteiger partial charge in [-0.2, -0.15) is 0 Å². The highest BCUT2D eigenvalue weighted by Crippen LogP contribution is 2.24. The molecule has 17 heavy (non-hydrogen) atoms. The van der Waals surface area contributed by atoms with E-state index < -0.39 is 0 Å². The summed E-state index contributed by atoms with van der Waals surface area (Å²) in [5, 5.41) is 13.3. The zero-order chi connectivity index (χ0) is 12.4. The van der Waals surface area contributed by atoms with Crippen molar-refractivity contribution in [3.63, 3.8) is 0 Å². The van der Waals surface area contributed by atoms with Gasteiger partial charge in [-0.1, -0.05) is 0 Å². The molecule has 4 nitrogen and oxygen atoms in total. The van der Waals surface area contributed by atoms with Crippen LogP contribution in [0.25, 0.3) is 10.9 Å². The van der Waals surface area contributed by atoms with E-state index in [2.05, 4.69) is 5.32 Å². The van der Waals surface area contributed by atoms with Gasteiger partial charge in [-0.15, -0.1) is 0 Å². The summed E-state index contributed by atoms with van der Waals surface area (Å²) in [7, 11) is 1.97. The molecule has 1 heterocycles. The number of amides is 1. The third kappa shape index (κ3) is 2.41. The molecular formula is C13H16N2O2. The number of carbonyl (C=O) groups is 1. The fourth-order valence-corrected chi connectivity index (χ4v) is 2.03. The van der Waals surface area contributed by atoms with Crippen LogP contribution in [0.4, 0.5) is 0 Å². The predicted octanol–water partition coefficient (Wildman–Crippen LogP) is 1.56. The van der Waals surface area contributed by atoms with Gasteiger partial charge < -0.3 is 15.0 Å². The minimum absolute atomic E-state index is 0.0203. The van der Waals surface area contributed by atoms with Crippen molar-refractivity contribution in [3.8, 4) is 5.75 Å². The van der Waals surface area contributed by atoms with E-state index in [9.17, 15) is 9.90 Å². The Morgan fingerprint density at radius 3 is 2.94 bits per heavy atom. The Balaban J connectivity index is 2.27. The Bertz CT molecular complexity index is 558. The Labute approximate surface area is 99.9 Å². The van der Waals surface area contributed by atoms with Crippen molar-refractivity contribution in [1.82, 2.24) is 9.88 Å². The lowest BCUT2D eigenvalue weighted by Gasteiger charge is -2.01. The highest BCUT2D eigenvalue weighted by atomic mass is 16.3. The van der Waals surface area contributed by atoms with Crippen LogP contribution in [-0.2, 0) is 18.3 Å². The van der Waals surface area contributed by atoms with E-state index >= 15 is 0 Å². The smallest absolute Gasteiger partial charge is 0.216 e. The van der Waals surface area contributed by atoms with Crippen LogP contribution in [-0.4, -0.2) is 22.1 Å². The fraction of sp³-hybridized carbons (Fsp3) is 0.308. The van der Waals surface area contributed by atoms with Gasteiger partial charge in [-0.25, -0.2) is 0 Å². The average Bonchev–Trinajstić information content (AvgIpc) is 2.55. The van der Waals surface area contributed by atoms with Crippen molar-refractivity contribution in [1.29, 1.82) is 0 Å². The fourth-order valence-electron chi connectivity index (χ4n) is 2.03. The van der Waals surface area contributed by atoms with Crippen LogP contribution in [0.1, 0.15) is 12.5 Å². The van der Waals surface area contributed by atoms with Crippen molar-refractivity contribution in [3.05, 3.63) is 30.0 Å². The van der Waals surface area contributed by atoms with Crippen molar-refractivity contribution in [2.24, 2.45) is 7.05 Å². The zero-order valence-corrected chi connectivity index (χ0v) is 10.0. The molecule has 0 aliphatic rings. The van der Waals surface area contributed by atoms with Gasteiger partial charge in [0, 0.05) is 37.6 Å². The lowest BCUT2D eigenvalue weighted by atomic mass is 10.1. The number of nitrogens with zero attached hydrogens (tertiary/aromatic N) is 1. The maximum Gasteiger partial charge on any atom is 0.216 e. The maximum absolute atomic E-state index is 10.8. The van der Waals surface area contributed by atoms with Gasteiger partial charge in [0.25, 0.3) is 0 Å². The minimum Gasteiger partial charge on any atom is -0.508 e. The van der Waals surface area contributed by atoms with Crippen LogP contribution in [0.15, 0.2) is 24.4 Å². The highest BCUT2D eigenvalue weighted by Gasteiger charge is 2.07. The van der Waals surface area contributed by atoms with Gasteiger partial charge in [0.2, 0.25) is 5.91 Å². The quantitative estimate of drug-likeness (QED) is 0.843. The first-order valence-corrected chi connectivity index (χ1v) is 5.59. The molecule has 2 N–H and O–H groups in total. The number of nitrogens with one attached hydrogen (secondary N) is 1. The number of rotatable bonds is 3. The molecule has 0 saturated carbocycles. The number of hydrogen-bond donors (Lipinski definition) is 2. The molecule has 0 unspecified atom stereocenters. The van der Waals surface area contributed by atoms with Crippen LogP contribution >= 0.6 is 0 Å². The molecule has 0 aliphatic heterocycles. The summed E-state index contributed by atoms with van der Waals surface area (Å²) in [6.45, 7) is 2.12. The summed E-state index contributed by atoms with van der Waals surface area (Å²) in [4.78, 5) is 10.8. The van der Waals surface area contributed by atoms with Crippen molar-refractivity contribution in [2.45, 2.75) is 13.3 Å². The molecule has 0 spiro atoms. The predicted molar refractivity (Wildman–Crippen MR) is 67.0 cm³/mol. The van der Waals surface area contributed by atoms with Crippen LogP contribution < -0.4 is 5.32 Å². The van der Waals surface area contributed by atoms with Crippen LogP contribution in [0.5, 0.6) is 5.75 Å². The molecule has 1 aromatic carbocycles. The topological polar surface area (TPSA) is 54.3 Å². The second-order valence-electron chi connectivity index (χ2n) is 4.20. The third-order valence-corrected chi connectivity index (χ3v) is 2.82. The summed E-state index contributed by atoms with van der Waals surface area (Å²) in [6, 6.07) is 5.34. The van der Waals surface area contributed by atoms with Crippen LogP contribution in [0.2, 0.25) is 0 Å². The number of aromatic nitrogens is 1. The number of hydrogen-bond acceptors (Lipinski definition) is 2. The molecule has 4 heteroatoms. The molecule has 1 amide bonds. The van der Waals surface area contributed by atoms with E-state index in [0.29, 0.717) is 6.54 Å². The van der Waals surface area contributed by atoms with Gasteiger partial charge in [-0.05, 0) is 30.2 Å². The number of aromatic hydroxyl groups is 1. The molecule has 0 saturated heterocycles. The second kappa shape index (κ2) is 4.49. The van der Waals surface area contributed by atoms with E-state index in [1.807, 2.05) is 23.9 Å². The van der Waals surface area contributed by atoms with Gasteiger partial charge >= 0.3 is 0 Å². The summed E-state index contributed by atoms with van der Waals surface area (Å²) in [5.74, 6) is 0.248. The van der Waals surface area contributed by atoms with E-state index in [0.717, 1.165) is 22.9 Å². The standard InChI is InChI=1S/C13H16N2O2/c1-9(16)14-6-5-10-8-15(2)13-4-3-11(17)7-12(10)13/h3-4,7-8,17H,5-6H2,1-2H3,(H,14,16). The summed E-state index contributed by atoms with van der Waals surface area (Å²) in [5.41, 5.74) is 2.22. The summed E-state index contributed by atoms with van der Waals surface area (Å²) in [6.07, 6.45) is 2.80. The monoisotopic (exact) mass is 232 g/mol. The Morgan fingerprint density at radius 1 is 1.47 bits per heavy atom. The maximum atomic E-state index is 10.8. The molecule has 90 valence electrons. The molecule has 0 aliphatic carbocycles. The molecular weight excluding hydrogens is 216 g/mol. The number of fused-ring (bicyclic) bond motifs is 1. The van der Waals surface area contributed by atoms with Crippen molar-refractivity contribution in [2.75, 3.05) is 6.54 Å². The Morgan fingerprint density at radius 2 is 2.24 bits per heavy atom. The van der Waals surface area contributed by atoms with Crippen molar-refractivity contribution < 1.29 is 9.90 Å². The third-order valence-electron chi connectivity index (χ3n) is 2.82. The van der Waals surface area contributed by atoms with Crippen LogP contribution in [0.3, 0.4) is 0 Å².